The van der Waals surface area contributed by atoms with Crippen LogP contribution >= 0.6 is 0 Å². The number of amides is 1. The molecule has 7 heteroatoms. The average Bonchev–Trinajstić information content (AvgIpc) is 2.55. The molecular weight excluding hydrogens is 296 g/mol. The molecule has 1 fully saturated rings. The number of likely N-dealkylation sites (N-methyl/N-ethyl adjacent to an activating group) is 1. The zero-order valence-electron chi connectivity index (χ0n) is 13.7. The molecule has 1 aliphatic heterocycles. The first-order chi connectivity index (χ1) is 11.0. The molecule has 2 rings (SSSR count). The molecular formula is C16H24N4O3. The molecule has 7 nitrogen and oxygen atoms in total. The number of pyridine rings is 1. The summed E-state index contributed by atoms with van der Waals surface area (Å²) < 4.78 is 0. The maximum Gasteiger partial charge on any atom is 0.320 e. The van der Waals surface area contributed by atoms with Crippen molar-refractivity contribution in [3.63, 3.8) is 0 Å². The van der Waals surface area contributed by atoms with Crippen LogP contribution in [0.3, 0.4) is 0 Å². The summed E-state index contributed by atoms with van der Waals surface area (Å²) in [5.41, 5.74) is 0.618. The van der Waals surface area contributed by atoms with Crippen molar-refractivity contribution in [2.75, 3.05) is 36.9 Å². The quantitative estimate of drug-likeness (QED) is 0.824. The van der Waals surface area contributed by atoms with Gasteiger partial charge in [-0.25, -0.2) is 4.98 Å². The third kappa shape index (κ3) is 4.92. The maximum atomic E-state index is 12.0. The van der Waals surface area contributed by atoms with Crippen LogP contribution in [0.25, 0.3) is 0 Å². The van der Waals surface area contributed by atoms with Gasteiger partial charge in [0.25, 0.3) is 0 Å². The lowest BCUT2D eigenvalue weighted by molar-refractivity contribution is -0.142. The highest BCUT2D eigenvalue weighted by Gasteiger charge is 2.19. The van der Waals surface area contributed by atoms with Crippen molar-refractivity contribution >= 4 is 23.4 Å². The van der Waals surface area contributed by atoms with Gasteiger partial charge in [0.15, 0.2) is 0 Å². The first kappa shape index (κ1) is 17.2. The van der Waals surface area contributed by atoms with E-state index in [1.54, 1.807) is 20.2 Å². The van der Waals surface area contributed by atoms with E-state index in [1.807, 2.05) is 12.1 Å². The Morgan fingerprint density at radius 3 is 2.61 bits per heavy atom. The molecule has 0 aliphatic carbocycles. The third-order valence-electron chi connectivity index (χ3n) is 4.12. The Kier molecular flexibility index (Phi) is 5.92. The van der Waals surface area contributed by atoms with Crippen LogP contribution in [0.2, 0.25) is 0 Å². The van der Waals surface area contributed by atoms with E-state index in [1.165, 1.54) is 24.2 Å². The van der Waals surface area contributed by atoms with Gasteiger partial charge in [-0.2, -0.15) is 0 Å². The minimum absolute atomic E-state index is 0.0152. The lowest BCUT2D eigenvalue weighted by Gasteiger charge is -2.27. The number of aromatic nitrogens is 1. The van der Waals surface area contributed by atoms with Gasteiger partial charge in [0, 0.05) is 13.1 Å². The molecule has 0 radical (unpaired) electrons. The van der Waals surface area contributed by atoms with Crippen LogP contribution < -0.4 is 10.2 Å². The Hall–Kier alpha value is -2.15. The highest BCUT2D eigenvalue weighted by atomic mass is 16.4. The van der Waals surface area contributed by atoms with Crippen LogP contribution in [0, 0.1) is 0 Å². The van der Waals surface area contributed by atoms with Gasteiger partial charge in [-0.05, 0) is 45.4 Å². The number of piperidine rings is 1. The van der Waals surface area contributed by atoms with Gasteiger partial charge in [0.2, 0.25) is 5.91 Å². The van der Waals surface area contributed by atoms with Crippen LogP contribution in [-0.4, -0.2) is 59.6 Å². The zero-order valence-corrected chi connectivity index (χ0v) is 13.7. The van der Waals surface area contributed by atoms with Crippen molar-refractivity contribution in [2.45, 2.75) is 32.2 Å². The Bertz CT molecular complexity index is 541. The predicted molar refractivity (Wildman–Crippen MR) is 88.7 cm³/mol. The number of carboxylic acids is 1. The van der Waals surface area contributed by atoms with E-state index in [0.29, 0.717) is 5.69 Å². The largest absolute Gasteiger partial charge is 0.480 e. The van der Waals surface area contributed by atoms with Gasteiger partial charge in [0.05, 0.1) is 18.4 Å². The summed E-state index contributed by atoms with van der Waals surface area (Å²) in [5, 5.41) is 11.7. The molecule has 23 heavy (non-hydrogen) atoms. The number of carbonyl (C=O) groups excluding carboxylic acids is 1. The highest BCUT2D eigenvalue weighted by molar-refractivity contribution is 5.92. The van der Waals surface area contributed by atoms with E-state index in [4.69, 9.17) is 5.11 Å². The molecule has 1 saturated heterocycles. The van der Waals surface area contributed by atoms with Gasteiger partial charge < -0.3 is 15.3 Å². The molecule has 0 bridgehead atoms. The van der Waals surface area contributed by atoms with Crippen molar-refractivity contribution in [1.29, 1.82) is 0 Å². The number of aliphatic carboxylic acids is 1. The Morgan fingerprint density at radius 2 is 2.04 bits per heavy atom. The molecule has 126 valence electrons. The van der Waals surface area contributed by atoms with Gasteiger partial charge >= 0.3 is 5.97 Å². The lowest BCUT2D eigenvalue weighted by atomic mass is 10.1. The van der Waals surface area contributed by atoms with Gasteiger partial charge in [0.1, 0.15) is 11.9 Å². The first-order valence-corrected chi connectivity index (χ1v) is 7.91. The molecule has 0 saturated carbocycles. The Balaban J connectivity index is 1.87. The number of nitrogens with zero attached hydrogens (tertiary/aromatic N) is 3. The molecule has 1 atom stereocenters. The second-order valence-corrected chi connectivity index (χ2v) is 5.93. The van der Waals surface area contributed by atoms with Crippen LogP contribution in [0.15, 0.2) is 18.3 Å². The fourth-order valence-corrected chi connectivity index (χ4v) is 2.52. The normalized spacial score (nSPS) is 16.2. The molecule has 1 amide bonds. The van der Waals surface area contributed by atoms with Crippen molar-refractivity contribution in [2.24, 2.45) is 0 Å². The molecule has 1 aromatic heterocycles. The molecule has 2 N–H and O–H groups in total. The molecule has 1 aromatic rings. The predicted octanol–water partition coefficient (Wildman–Crippen LogP) is 1.42. The van der Waals surface area contributed by atoms with Crippen molar-refractivity contribution in [1.82, 2.24) is 9.88 Å². The SMILES string of the molecule is CC(C(=O)O)N(C)CC(=O)Nc1ccc(N2CCCCC2)nc1. The van der Waals surface area contributed by atoms with Gasteiger partial charge in [-0.3, -0.25) is 14.5 Å². The minimum Gasteiger partial charge on any atom is -0.480 e. The standard InChI is InChI=1S/C16H24N4O3/c1-12(16(22)23)19(2)11-15(21)18-13-6-7-14(17-10-13)20-8-4-3-5-9-20/h6-7,10,12H,3-5,8-9,11H2,1-2H3,(H,18,21)(H,22,23). The second-order valence-electron chi connectivity index (χ2n) is 5.93. The lowest BCUT2D eigenvalue weighted by Crippen LogP contribution is -2.40. The molecule has 0 spiro atoms. The maximum absolute atomic E-state index is 12.0. The smallest absolute Gasteiger partial charge is 0.320 e. The summed E-state index contributed by atoms with van der Waals surface area (Å²) in [6, 6.07) is 3.03. The first-order valence-electron chi connectivity index (χ1n) is 7.91. The fraction of sp³-hybridized carbons (Fsp3) is 0.562. The number of nitrogens with one attached hydrogen (secondary N) is 1. The van der Waals surface area contributed by atoms with E-state index in [-0.39, 0.29) is 12.5 Å². The number of rotatable bonds is 6. The Morgan fingerprint density at radius 1 is 1.35 bits per heavy atom. The molecule has 2 heterocycles. The Labute approximate surface area is 136 Å². The number of anilines is 2. The average molecular weight is 320 g/mol. The van der Waals surface area contributed by atoms with Crippen LogP contribution in [-0.2, 0) is 9.59 Å². The van der Waals surface area contributed by atoms with E-state index >= 15 is 0 Å². The van der Waals surface area contributed by atoms with Crippen LogP contribution in [0.5, 0.6) is 0 Å². The van der Waals surface area contributed by atoms with E-state index in [2.05, 4.69) is 15.2 Å². The highest BCUT2D eigenvalue weighted by Crippen LogP contribution is 2.18. The molecule has 0 aromatic carbocycles. The number of carbonyl (C=O) groups is 2. The molecule has 1 aliphatic rings. The fourth-order valence-electron chi connectivity index (χ4n) is 2.52. The van der Waals surface area contributed by atoms with Crippen molar-refractivity contribution < 1.29 is 14.7 Å². The van der Waals surface area contributed by atoms with Gasteiger partial charge in [-0.15, -0.1) is 0 Å². The van der Waals surface area contributed by atoms with Gasteiger partial charge in [-0.1, -0.05) is 0 Å². The monoisotopic (exact) mass is 320 g/mol. The van der Waals surface area contributed by atoms with E-state index in [9.17, 15) is 9.59 Å². The summed E-state index contributed by atoms with van der Waals surface area (Å²) in [6.07, 6.45) is 5.29. The molecule has 1 unspecified atom stereocenters. The van der Waals surface area contributed by atoms with Crippen molar-refractivity contribution in [3.05, 3.63) is 18.3 Å². The number of carboxylic acid groups (broad SMARTS) is 1. The minimum atomic E-state index is -0.951. The van der Waals surface area contributed by atoms with Crippen LogP contribution in [0.1, 0.15) is 26.2 Å². The second kappa shape index (κ2) is 7.92. The number of hydrogen-bond donors (Lipinski definition) is 2. The van der Waals surface area contributed by atoms with E-state index in [0.717, 1.165) is 18.9 Å². The van der Waals surface area contributed by atoms with E-state index < -0.39 is 12.0 Å². The number of hydrogen-bond acceptors (Lipinski definition) is 5. The summed E-state index contributed by atoms with van der Waals surface area (Å²) in [6.45, 7) is 3.61. The third-order valence-corrected chi connectivity index (χ3v) is 4.12. The van der Waals surface area contributed by atoms with Crippen LogP contribution in [0.4, 0.5) is 11.5 Å². The zero-order chi connectivity index (χ0) is 16.8. The summed E-state index contributed by atoms with van der Waals surface area (Å²) in [5.74, 6) is -0.278. The topological polar surface area (TPSA) is 85.8 Å². The summed E-state index contributed by atoms with van der Waals surface area (Å²) >= 11 is 0. The summed E-state index contributed by atoms with van der Waals surface area (Å²) in [4.78, 5) is 31.0. The van der Waals surface area contributed by atoms with Crippen molar-refractivity contribution in [3.8, 4) is 0 Å². The summed E-state index contributed by atoms with van der Waals surface area (Å²) in [7, 11) is 1.61.